The second-order valence-electron chi connectivity index (χ2n) is 9.41. The molecule has 1 saturated heterocycles. The molecule has 4 rings (SSSR count). The minimum Gasteiger partial charge on any atom is -0.212 e. The van der Waals surface area contributed by atoms with Gasteiger partial charge in [-0.1, -0.05) is 38.1 Å². The van der Waals surface area contributed by atoms with Crippen LogP contribution in [0, 0.1) is 28.1 Å². The molecule has 1 aromatic carbocycles. The molecule has 0 radical (unpaired) electrons. The first-order chi connectivity index (χ1) is 13.4. The lowest BCUT2D eigenvalue weighted by Crippen LogP contribution is -2.41. The molecule has 158 valence electrons. The third kappa shape index (κ3) is 3.17. The van der Waals surface area contributed by atoms with Crippen molar-refractivity contribution in [1.29, 1.82) is 5.26 Å². The van der Waals surface area contributed by atoms with Crippen LogP contribution in [0.15, 0.2) is 24.3 Å². The monoisotopic (exact) mass is 426 g/mol. The smallest absolute Gasteiger partial charge is 0.212 e. The summed E-state index contributed by atoms with van der Waals surface area (Å²) in [5.74, 6) is -0.533. The highest BCUT2D eigenvalue weighted by Crippen LogP contribution is 2.70. The summed E-state index contributed by atoms with van der Waals surface area (Å²) in [5, 5.41) is 9.08. The molecule has 0 amide bonds. The van der Waals surface area contributed by atoms with Gasteiger partial charge in [-0.3, -0.25) is 0 Å². The Morgan fingerprint density at radius 1 is 1.28 bits per heavy atom. The van der Waals surface area contributed by atoms with Crippen molar-refractivity contribution in [2.75, 3.05) is 5.75 Å². The van der Waals surface area contributed by atoms with E-state index in [1.54, 1.807) is 22.5 Å². The molecule has 8 heteroatoms. The molecule has 1 spiro atoms. The number of rotatable bonds is 4. The Kier molecular flexibility index (Phi) is 4.60. The first-order valence-electron chi connectivity index (χ1n) is 9.94. The van der Waals surface area contributed by atoms with Gasteiger partial charge in [0.1, 0.15) is 0 Å². The first-order valence-corrected chi connectivity index (χ1v) is 11.6. The highest BCUT2D eigenvalue weighted by atomic mass is 32.2. The maximum atomic E-state index is 13.0. The van der Waals surface area contributed by atoms with Crippen molar-refractivity contribution in [3.05, 3.63) is 35.4 Å². The number of sulfonamides is 1. The van der Waals surface area contributed by atoms with Crippen LogP contribution in [-0.4, -0.2) is 30.7 Å². The van der Waals surface area contributed by atoms with E-state index < -0.39 is 28.5 Å². The van der Waals surface area contributed by atoms with Crippen LogP contribution in [0.3, 0.4) is 0 Å². The van der Waals surface area contributed by atoms with E-state index in [1.165, 1.54) is 12.1 Å². The minimum absolute atomic E-state index is 0.000948. The molecule has 4 nitrogen and oxygen atoms in total. The average Bonchev–Trinajstić information content (AvgIpc) is 3.09. The highest BCUT2D eigenvalue weighted by Gasteiger charge is 2.71. The van der Waals surface area contributed by atoms with Crippen LogP contribution in [0.1, 0.15) is 56.6 Å². The van der Waals surface area contributed by atoms with Crippen molar-refractivity contribution in [3.8, 4) is 6.07 Å². The van der Waals surface area contributed by atoms with Gasteiger partial charge in [0.2, 0.25) is 10.0 Å². The third-order valence-electron chi connectivity index (χ3n) is 7.85. The van der Waals surface area contributed by atoms with Gasteiger partial charge >= 0.3 is 6.18 Å². The van der Waals surface area contributed by atoms with Crippen molar-refractivity contribution >= 4 is 10.0 Å². The molecular formula is C21H25F3N2O2S. The number of nitrogens with zero attached hydrogens (tertiary/aromatic N) is 2. The number of halogens is 3. The van der Waals surface area contributed by atoms with Crippen molar-refractivity contribution < 1.29 is 21.6 Å². The van der Waals surface area contributed by atoms with Crippen LogP contribution >= 0.6 is 0 Å². The highest BCUT2D eigenvalue weighted by molar-refractivity contribution is 7.89. The summed E-state index contributed by atoms with van der Waals surface area (Å²) in [4.78, 5) is 0. The molecule has 1 aliphatic heterocycles. The van der Waals surface area contributed by atoms with E-state index in [-0.39, 0.29) is 29.2 Å². The molecule has 1 unspecified atom stereocenters. The Balaban J connectivity index is 1.55. The summed E-state index contributed by atoms with van der Waals surface area (Å²) in [5.41, 5.74) is 0.838. The molecule has 3 aliphatic rings. The number of alkyl halides is 3. The van der Waals surface area contributed by atoms with Gasteiger partial charge in [-0.05, 0) is 41.7 Å². The van der Waals surface area contributed by atoms with Crippen LogP contribution in [-0.2, 0) is 16.6 Å². The lowest BCUT2D eigenvalue weighted by atomic mass is 9.69. The number of hydrogen-bond donors (Lipinski definition) is 0. The van der Waals surface area contributed by atoms with Gasteiger partial charge in [-0.25, -0.2) is 8.42 Å². The van der Waals surface area contributed by atoms with Crippen LogP contribution < -0.4 is 0 Å². The van der Waals surface area contributed by atoms with Gasteiger partial charge in [0, 0.05) is 18.0 Å². The zero-order chi connectivity index (χ0) is 21.2. The van der Waals surface area contributed by atoms with Gasteiger partial charge in [0.05, 0.1) is 24.2 Å². The molecular weight excluding hydrogens is 401 g/mol. The zero-order valence-electron chi connectivity index (χ0n) is 16.5. The van der Waals surface area contributed by atoms with Crippen LogP contribution in [0.5, 0.6) is 0 Å². The van der Waals surface area contributed by atoms with Gasteiger partial charge in [-0.15, -0.1) is 0 Å². The van der Waals surface area contributed by atoms with E-state index in [9.17, 15) is 21.6 Å². The standard InChI is InChI=1S/C21H25F3N2O2S/c1-19(2)17-7-8-20(19)13-29(27,28)26(18(20)9-17)12-14-3-5-15(6-4-14)16(11-25)10-21(22,23)24/h3-6,16-18H,7-10,12-13H2,1-2H3/t16-,17+,18?,20+/m1/s1. The van der Waals surface area contributed by atoms with E-state index in [4.69, 9.17) is 5.26 Å². The molecule has 2 bridgehead atoms. The number of fused-ring (bicyclic) bond motifs is 1. The molecule has 0 N–H and O–H groups in total. The van der Waals surface area contributed by atoms with Gasteiger partial charge in [0.25, 0.3) is 0 Å². The molecule has 4 atom stereocenters. The number of hydrogen-bond acceptors (Lipinski definition) is 3. The van der Waals surface area contributed by atoms with Gasteiger partial charge in [0.15, 0.2) is 0 Å². The number of nitriles is 1. The summed E-state index contributed by atoms with van der Waals surface area (Å²) < 4.78 is 65.5. The van der Waals surface area contributed by atoms with Gasteiger partial charge in [-0.2, -0.15) is 22.7 Å². The summed E-state index contributed by atoms with van der Waals surface area (Å²) in [6.07, 6.45) is -2.70. The molecule has 0 aromatic heterocycles. The Labute approximate surface area is 169 Å². The maximum Gasteiger partial charge on any atom is 0.390 e. The van der Waals surface area contributed by atoms with E-state index in [0.29, 0.717) is 11.5 Å². The second kappa shape index (κ2) is 6.45. The van der Waals surface area contributed by atoms with E-state index in [0.717, 1.165) is 24.8 Å². The van der Waals surface area contributed by atoms with Crippen molar-refractivity contribution in [1.82, 2.24) is 4.31 Å². The lowest BCUT2D eigenvalue weighted by molar-refractivity contribution is -0.136. The predicted octanol–water partition coefficient (Wildman–Crippen LogP) is 4.59. The topological polar surface area (TPSA) is 61.2 Å². The molecule has 3 fully saturated rings. The second-order valence-corrected chi connectivity index (χ2v) is 11.3. The summed E-state index contributed by atoms with van der Waals surface area (Å²) in [6, 6.07) is 8.03. The Hall–Kier alpha value is -1.59. The maximum absolute atomic E-state index is 13.0. The van der Waals surface area contributed by atoms with Gasteiger partial charge < -0.3 is 0 Å². The fourth-order valence-corrected chi connectivity index (χ4v) is 8.63. The Morgan fingerprint density at radius 3 is 2.48 bits per heavy atom. The summed E-state index contributed by atoms with van der Waals surface area (Å²) in [7, 11) is -3.38. The molecule has 2 aliphatic carbocycles. The van der Waals surface area contributed by atoms with Crippen molar-refractivity contribution in [2.24, 2.45) is 16.7 Å². The van der Waals surface area contributed by atoms with Crippen molar-refractivity contribution in [2.45, 2.75) is 64.2 Å². The van der Waals surface area contributed by atoms with E-state index in [2.05, 4.69) is 13.8 Å². The summed E-state index contributed by atoms with van der Waals surface area (Å²) >= 11 is 0. The van der Waals surface area contributed by atoms with E-state index >= 15 is 0 Å². The molecule has 1 aromatic rings. The normalized spacial score (nSPS) is 33.4. The van der Waals surface area contributed by atoms with Crippen LogP contribution in [0.2, 0.25) is 0 Å². The molecule has 29 heavy (non-hydrogen) atoms. The lowest BCUT2D eigenvalue weighted by Gasteiger charge is -2.37. The third-order valence-corrected chi connectivity index (χ3v) is 9.82. The first kappa shape index (κ1) is 20.7. The quantitative estimate of drug-likeness (QED) is 0.708. The Morgan fingerprint density at radius 2 is 1.93 bits per heavy atom. The average molecular weight is 427 g/mol. The fraction of sp³-hybridized carbons (Fsp3) is 0.667. The van der Waals surface area contributed by atoms with Crippen LogP contribution in [0.4, 0.5) is 13.2 Å². The SMILES string of the molecule is CC1(C)[C@H]2CC[C@@]13CS(=O)(=O)N(Cc1ccc([C@@H](C#N)CC(F)(F)F)cc1)C3C2. The Bertz CT molecular complexity index is 950. The number of benzene rings is 1. The molecule has 2 saturated carbocycles. The van der Waals surface area contributed by atoms with Crippen molar-refractivity contribution in [3.63, 3.8) is 0 Å². The minimum atomic E-state index is -4.41. The molecule has 1 heterocycles. The van der Waals surface area contributed by atoms with E-state index in [1.807, 2.05) is 0 Å². The summed E-state index contributed by atoms with van der Waals surface area (Å²) in [6.45, 7) is 4.62. The zero-order valence-corrected chi connectivity index (χ0v) is 17.4. The fourth-order valence-electron chi connectivity index (χ4n) is 6.09. The predicted molar refractivity (Wildman–Crippen MR) is 102 cm³/mol. The largest absolute Gasteiger partial charge is 0.390 e. The van der Waals surface area contributed by atoms with Crippen LogP contribution in [0.25, 0.3) is 0 Å².